The van der Waals surface area contributed by atoms with Gasteiger partial charge in [-0.25, -0.2) is 0 Å². The first-order chi connectivity index (χ1) is 5.91. The van der Waals surface area contributed by atoms with Gasteiger partial charge in [0, 0.05) is 6.04 Å². The van der Waals surface area contributed by atoms with Crippen LogP contribution in [-0.2, 0) is 4.79 Å². The van der Waals surface area contributed by atoms with E-state index in [4.69, 9.17) is 5.11 Å². The normalized spacial score (nSPS) is 16.2. The predicted molar refractivity (Wildman–Crippen MR) is 52.8 cm³/mol. The second kappa shape index (κ2) is 5.19. The number of likely N-dealkylation sites (N-methyl/N-ethyl adjacent to an activating group) is 2. The number of hydrogen-bond donors (Lipinski definition) is 2. The Morgan fingerprint density at radius 1 is 1.38 bits per heavy atom. The predicted octanol–water partition coefficient (Wildman–Crippen LogP) is 0.245. The summed E-state index contributed by atoms with van der Waals surface area (Å²) in [7, 11) is 5.48. The Bertz CT molecular complexity index is 161. The molecule has 0 bridgehead atoms. The van der Waals surface area contributed by atoms with E-state index in [9.17, 15) is 4.79 Å². The lowest BCUT2D eigenvalue weighted by Crippen LogP contribution is -2.53. The maximum absolute atomic E-state index is 10.9. The van der Waals surface area contributed by atoms with Gasteiger partial charge in [-0.3, -0.25) is 4.79 Å². The molecule has 13 heavy (non-hydrogen) atoms. The standard InChI is InChI=1S/C9H20N2O2/c1-6(2)8(11(4)5)7(10-3)9(12)13/h6-8,10H,1-5H3,(H,12,13). The molecule has 0 amide bonds. The van der Waals surface area contributed by atoms with Crippen molar-refractivity contribution in [2.75, 3.05) is 21.1 Å². The molecule has 4 heteroatoms. The molecule has 0 aliphatic carbocycles. The number of carboxylic acids is 1. The maximum atomic E-state index is 10.9. The van der Waals surface area contributed by atoms with Gasteiger partial charge in [0.15, 0.2) is 0 Å². The van der Waals surface area contributed by atoms with Gasteiger partial charge in [-0.15, -0.1) is 0 Å². The van der Waals surface area contributed by atoms with Crippen LogP contribution in [0.15, 0.2) is 0 Å². The lowest BCUT2D eigenvalue weighted by Gasteiger charge is -2.32. The average molecular weight is 188 g/mol. The number of carboxylic acid groups (broad SMARTS) is 1. The largest absolute Gasteiger partial charge is 0.480 e. The van der Waals surface area contributed by atoms with E-state index in [1.54, 1.807) is 7.05 Å². The van der Waals surface area contributed by atoms with Crippen LogP contribution in [0.1, 0.15) is 13.8 Å². The second-order valence-electron chi connectivity index (χ2n) is 3.80. The number of nitrogens with one attached hydrogen (secondary N) is 1. The Morgan fingerprint density at radius 3 is 1.92 bits per heavy atom. The van der Waals surface area contributed by atoms with Crippen LogP contribution in [0.25, 0.3) is 0 Å². The third kappa shape index (κ3) is 3.32. The van der Waals surface area contributed by atoms with E-state index in [0.717, 1.165) is 0 Å². The van der Waals surface area contributed by atoms with E-state index in [-0.39, 0.29) is 6.04 Å². The molecule has 0 spiro atoms. The summed E-state index contributed by atoms with van der Waals surface area (Å²) in [5.41, 5.74) is 0. The van der Waals surface area contributed by atoms with E-state index >= 15 is 0 Å². The Morgan fingerprint density at radius 2 is 1.85 bits per heavy atom. The van der Waals surface area contributed by atoms with Crippen LogP contribution in [0, 0.1) is 5.92 Å². The smallest absolute Gasteiger partial charge is 0.322 e. The summed E-state index contributed by atoms with van der Waals surface area (Å²) in [6.45, 7) is 4.05. The number of hydrogen-bond acceptors (Lipinski definition) is 3. The van der Waals surface area contributed by atoms with E-state index in [0.29, 0.717) is 5.92 Å². The second-order valence-corrected chi connectivity index (χ2v) is 3.80. The molecule has 2 unspecified atom stereocenters. The first-order valence-electron chi connectivity index (χ1n) is 4.48. The van der Waals surface area contributed by atoms with Gasteiger partial charge >= 0.3 is 5.97 Å². The molecule has 78 valence electrons. The zero-order chi connectivity index (χ0) is 10.6. The van der Waals surface area contributed by atoms with Crippen molar-refractivity contribution in [2.24, 2.45) is 5.92 Å². The highest BCUT2D eigenvalue weighted by Gasteiger charge is 2.30. The Hall–Kier alpha value is -0.610. The van der Waals surface area contributed by atoms with Gasteiger partial charge < -0.3 is 15.3 Å². The summed E-state index contributed by atoms with van der Waals surface area (Å²) in [6, 6.07) is -0.488. The van der Waals surface area contributed by atoms with E-state index < -0.39 is 12.0 Å². The van der Waals surface area contributed by atoms with Crippen molar-refractivity contribution < 1.29 is 9.90 Å². The van der Waals surface area contributed by atoms with Crippen molar-refractivity contribution in [3.05, 3.63) is 0 Å². The summed E-state index contributed by atoms with van der Waals surface area (Å²) in [5.74, 6) is -0.488. The molecule has 0 aromatic carbocycles. The first-order valence-corrected chi connectivity index (χ1v) is 4.48. The maximum Gasteiger partial charge on any atom is 0.322 e. The molecule has 4 nitrogen and oxygen atoms in total. The van der Waals surface area contributed by atoms with Crippen molar-refractivity contribution in [3.8, 4) is 0 Å². The van der Waals surface area contributed by atoms with Crippen molar-refractivity contribution in [3.63, 3.8) is 0 Å². The van der Waals surface area contributed by atoms with Gasteiger partial charge in [0.05, 0.1) is 0 Å². The van der Waals surface area contributed by atoms with Crippen LogP contribution in [0.2, 0.25) is 0 Å². The zero-order valence-electron chi connectivity index (χ0n) is 9.03. The van der Waals surface area contributed by atoms with Gasteiger partial charge in [0.1, 0.15) is 6.04 Å². The molecule has 2 N–H and O–H groups in total. The number of aliphatic carboxylic acids is 1. The van der Waals surface area contributed by atoms with Crippen LogP contribution in [0.4, 0.5) is 0 Å². The van der Waals surface area contributed by atoms with Gasteiger partial charge in [0.2, 0.25) is 0 Å². The number of carbonyl (C=O) groups is 1. The molecule has 0 saturated heterocycles. The Labute approximate surface area is 79.9 Å². The molecule has 0 aromatic heterocycles. The van der Waals surface area contributed by atoms with Crippen LogP contribution < -0.4 is 5.32 Å². The van der Waals surface area contributed by atoms with E-state index in [1.807, 2.05) is 32.8 Å². The van der Waals surface area contributed by atoms with Crippen LogP contribution in [0.3, 0.4) is 0 Å². The van der Waals surface area contributed by atoms with Crippen LogP contribution in [0.5, 0.6) is 0 Å². The summed E-state index contributed by atoms with van der Waals surface area (Å²) < 4.78 is 0. The first kappa shape index (κ1) is 12.4. The highest BCUT2D eigenvalue weighted by atomic mass is 16.4. The van der Waals surface area contributed by atoms with E-state index in [2.05, 4.69) is 5.32 Å². The van der Waals surface area contributed by atoms with Gasteiger partial charge in [-0.05, 0) is 27.1 Å². The molecule has 0 saturated carbocycles. The molecule has 0 heterocycles. The minimum Gasteiger partial charge on any atom is -0.480 e. The molecule has 0 radical (unpaired) electrons. The summed E-state index contributed by atoms with van der Waals surface area (Å²) >= 11 is 0. The van der Waals surface area contributed by atoms with Gasteiger partial charge in [-0.1, -0.05) is 13.8 Å². The topological polar surface area (TPSA) is 52.6 Å². The number of rotatable bonds is 5. The van der Waals surface area contributed by atoms with Crippen molar-refractivity contribution in [2.45, 2.75) is 25.9 Å². The van der Waals surface area contributed by atoms with Gasteiger partial charge in [0.25, 0.3) is 0 Å². The average Bonchev–Trinajstić information content (AvgIpc) is 1.97. The fraction of sp³-hybridized carbons (Fsp3) is 0.889. The highest BCUT2D eigenvalue weighted by molar-refractivity contribution is 5.74. The third-order valence-electron chi connectivity index (χ3n) is 2.20. The molecule has 0 aliphatic rings. The van der Waals surface area contributed by atoms with Crippen molar-refractivity contribution in [1.82, 2.24) is 10.2 Å². The lowest BCUT2D eigenvalue weighted by atomic mass is 9.95. The molecule has 2 atom stereocenters. The zero-order valence-corrected chi connectivity index (χ0v) is 9.03. The molecule has 0 aliphatic heterocycles. The monoisotopic (exact) mass is 188 g/mol. The lowest BCUT2D eigenvalue weighted by molar-refractivity contribution is -0.141. The van der Waals surface area contributed by atoms with Crippen molar-refractivity contribution >= 4 is 5.97 Å². The fourth-order valence-corrected chi connectivity index (χ4v) is 1.72. The molecule has 0 fully saturated rings. The SMILES string of the molecule is CNC(C(=O)O)C(C(C)C)N(C)C. The van der Waals surface area contributed by atoms with Crippen LogP contribution >= 0.6 is 0 Å². The quantitative estimate of drug-likeness (QED) is 0.649. The molecular formula is C9H20N2O2. The third-order valence-corrected chi connectivity index (χ3v) is 2.20. The Kier molecular flexibility index (Phi) is 4.95. The fourth-order valence-electron chi connectivity index (χ4n) is 1.72. The summed E-state index contributed by atoms with van der Waals surface area (Å²) in [5, 5.41) is 11.8. The highest BCUT2D eigenvalue weighted by Crippen LogP contribution is 2.11. The minimum atomic E-state index is -0.796. The van der Waals surface area contributed by atoms with Gasteiger partial charge in [-0.2, -0.15) is 0 Å². The summed E-state index contributed by atoms with van der Waals surface area (Å²) in [6.07, 6.45) is 0. The van der Waals surface area contributed by atoms with E-state index in [1.165, 1.54) is 0 Å². The van der Waals surface area contributed by atoms with Crippen molar-refractivity contribution in [1.29, 1.82) is 0 Å². The summed E-state index contributed by atoms with van der Waals surface area (Å²) in [4.78, 5) is 12.8. The Balaban J connectivity index is 4.59. The minimum absolute atomic E-state index is 0.0162. The molecule has 0 rings (SSSR count). The van der Waals surface area contributed by atoms with Crippen LogP contribution in [-0.4, -0.2) is 49.2 Å². The molecular weight excluding hydrogens is 168 g/mol. The molecule has 0 aromatic rings. The number of nitrogens with zero attached hydrogens (tertiary/aromatic N) is 1.